The number of nitrogens with zero attached hydrogens (tertiary/aromatic N) is 3. The molecule has 1 aliphatic heterocycles. The molecule has 51 heavy (non-hydrogen) atoms. The second kappa shape index (κ2) is 17.5. The Morgan fingerprint density at radius 3 is 2.31 bits per heavy atom. The molecule has 0 saturated carbocycles. The standard InChI is InChI=1S/C36H40F3N5O6S/c1-2-48-22-18-40-19-23-49-32-13-10-29(24-31(32)43-51(46,47)25-26-6-4-3-5-7-26)35(45)44-20-16-28(17-21-44)27-8-11-30(12-9-27)50-34-15-14-33(41-42-34)36(37,38)39/h3-15,24,28,40,43H,2,16-23,25H2,1H3. The average molecular weight is 728 g/mol. The first-order valence-electron chi connectivity index (χ1n) is 16.6. The average Bonchev–Trinajstić information content (AvgIpc) is 3.12. The second-order valence-corrected chi connectivity index (χ2v) is 13.6. The highest BCUT2D eigenvalue weighted by atomic mass is 32.2. The predicted molar refractivity (Wildman–Crippen MR) is 185 cm³/mol. The molecule has 1 aromatic heterocycles. The van der Waals surface area contributed by atoms with E-state index in [-0.39, 0.29) is 35.8 Å². The minimum atomic E-state index is -4.58. The largest absolute Gasteiger partial charge is 0.490 e. The Hall–Kier alpha value is -4.73. The fourth-order valence-electron chi connectivity index (χ4n) is 5.57. The van der Waals surface area contributed by atoms with Crippen molar-refractivity contribution in [1.82, 2.24) is 20.4 Å². The van der Waals surface area contributed by atoms with Gasteiger partial charge < -0.3 is 24.4 Å². The molecule has 3 aromatic carbocycles. The number of carbonyl (C=O) groups is 1. The highest BCUT2D eigenvalue weighted by molar-refractivity contribution is 7.91. The van der Waals surface area contributed by atoms with Crippen LogP contribution in [0.1, 0.15) is 52.9 Å². The van der Waals surface area contributed by atoms with Gasteiger partial charge >= 0.3 is 6.18 Å². The molecule has 2 heterocycles. The van der Waals surface area contributed by atoms with Crippen LogP contribution in [0.3, 0.4) is 0 Å². The van der Waals surface area contributed by atoms with Gasteiger partial charge in [0, 0.05) is 44.4 Å². The van der Waals surface area contributed by atoms with Gasteiger partial charge in [-0.2, -0.15) is 13.2 Å². The van der Waals surface area contributed by atoms with Crippen LogP contribution in [-0.4, -0.2) is 75.4 Å². The maximum atomic E-state index is 13.6. The molecule has 0 bridgehead atoms. The summed E-state index contributed by atoms with van der Waals surface area (Å²) in [4.78, 5) is 15.4. The zero-order chi connectivity index (χ0) is 36.3. The number of rotatable bonds is 16. The Balaban J connectivity index is 1.20. The molecule has 1 amide bonds. The van der Waals surface area contributed by atoms with E-state index >= 15 is 0 Å². The molecule has 5 rings (SSSR count). The molecule has 1 aliphatic rings. The molecule has 0 atom stereocenters. The highest BCUT2D eigenvalue weighted by Crippen LogP contribution is 2.33. The quantitative estimate of drug-likeness (QED) is 0.129. The van der Waals surface area contributed by atoms with E-state index in [1.807, 2.05) is 25.1 Å². The number of hydrogen-bond donors (Lipinski definition) is 2. The third kappa shape index (κ3) is 11.1. The summed E-state index contributed by atoms with van der Waals surface area (Å²) in [6, 6.07) is 22.7. The van der Waals surface area contributed by atoms with Gasteiger partial charge in [0.25, 0.3) is 5.91 Å². The van der Waals surface area contributed by atoms with Gasteiger partial charge in [0.2, 0.25) is 15.9 Å². The molecule has 272 valence electrons. The molecule has 0 radical (unpaired) electrons. The maximum Gasteiger partial charge on any atom is 0.435 e. The third-order valence-corrected chi connectivity index (χ3v) is 9.39. The summed E-state index contributed by atoms with van der Waals surface area (Å²) in [7, 11) is -3.83. The number of alkyl halides is 3. The number of anilines is 1. The maximum absolute atomic E-state index is 13.6. The summed E-state index contributed by atoms with van der Waals surface area (Å²) in [5, 5.41) is 9.87. The van der Waals surface area contributed by atoms with Crippen molar-refractivity contribution in [2.24, 2.45) is 0 Å². The van der Waals surface area contributed by atoms with Crippen molar-refractivity contribution >= 4 is 21.6 Å². The summed E-state index contributed by atoms with van der Waals surface area (Å²) >= 11 is 0. The first-order chi connectivity index (χ1) is 24.5. The Labute approximate surface area is 295 Å². The van der Waals surface area contributed by atoms with E-state index in [9.17, 15) is 26.4 Å². The zero-order valence-electron chi connectivity index (χ0n) is 28.1. The smallest absolute Gasteiger partial charge is 0.435 e. The summed E-state index contributed by atoms with van der Waals surface area (Å²) in [5.41, 5.74) is 1.08. The molecule has 1 fully saturated rings. The molecular formula is C36H40F3N5O6S. The second-order valence-electron chi connectivity index (χ2n) is 11.8. The molecule has 0 aliphatic carbocycles. The number of amides is 1. The number of sulfonamides is 1. The number of aromatic nitrogens is 2. The minimum Gasteiger partial charge on any atom is -0.490 e. The van der Waals surface area contributed by atoms with Gasteiger partial charge in [0.15, 0.2) is 5.69 Å². The van der Waals surface area contributed by atoms with Crippen LogP contribution in [0.25, 0.3) is 0 Å². The van der Waals surface area contributed by atoms with Gasteiger partial charge in [0.05, 0.1) is 18.0 Å². The van der Waals surface area contributed by atoms with Gasteiger partial charge in [-0.15, -0.1) is 10.2 Å². The lowest BCUT2D eigenvalue weighted by atomic mass is 9.89. The van der Waals surface area contributed by atoms with Crippen LogP contribution in [0, 0.1) is 0 Å². The van der Waals surface area contributed by atoms with Crippen molar-refractivity contribution in [3.8, 4) is 17.4 Å². The Bertz CT molecular complexity index is 1820. The van der Waals surface area contributed by atoms with Gasteiger partial charge in [-0.1, -0.05) is 42.5 Å². The van der Waals surface area contributed by atoms with Crippen molar-refractivity contribution < 1.29 is 40.6 Å². The van der Waals surface area contributed by atoms with Crippen molar-refractivity contribution in [2.75, 3.05) is 50.7 Å². The molecule has 4 aromatic rings. The predicted octanol–water partition coefficient (Wildman–Crippen LogP) is 6.25. The summed E-state index contributed by atoms with van der Waals surface area (Å²) in [5.74, 6) is 0.371. The fourth-order valence-corrected chi connectivity index (χ4v) is 6.76. The third-order valence-electron chi connectivity index (χ3n) is 8.14. The van der Waals surface area contributed by atoms with Gasteiger partial charge in [0.1, 0.15) is 18.1 Å². The first kappa shape index (κ1) is 37.5. The van der Waals surface area contributed by atoms with Gasteiger partial charge in [-0.05, 0) is 73.2 Å². The monoisotopic (exact) mass is 727 g/mol. The van der Waals surface area contributed by atoms with Crippen LogP contribution in [0.15, 0.2) is 84.9 Å². The summed E-state index contributed by atoms with van der Waals surface area (Å²) in [6.45, 7) is 5.55. The lowest BCUT2D eigenvalue weighted by Gasteiger charge is -2.32. The summed E-state index contributed by atoms with van der Waals surface area (Å²) < 4.78 is 84.0. The highest BCUT2D eigenvalue weighted by Gasteiger charge is 2.33. The molecular weight excluding hydrogens is 687 g/mol. The van der Waals surface area contributed by atoms with E-state index < -0.39 is 21.9 Å². The number of benzene rings is 3. The van der Waals surface area contributed by atoms with Crippen LogP contribution in [-0.2, 0) is 26.7 Å². The van der Waals surface area contributed by atoms with Crippen LogP contribution in [0.4, 0.5) is 18.9 Å². The number of ether oxygens (including phenoxy) is 3. The van der Waals surface area contributed by atoms with E-state index in [2.05, 4.69) is 20.2 Å². The zero-order valence-corrected chi connectivity index (χ0v) is 28.9. The molecule has 11 nitrogen and oxygen atoms in total. The Kier molecular flexibility index (Phi) is 12.9. The number of nitrogens with one attached hydrogen (secondary N) is 2. The van der Waals surface area contributed by atoms with E-state index in [0.717, 1.165) is 17.7 Å². The van der Waals surface area contributed by atoms with E-state index in [1.165, 1.54) is 6.07 Å². The van der Waals surface area contributed by atoms with Crippen LogP contribution in [0.2, 0.25) is 0 Å². The Morgan fingerprint density at radius 2 is 1.65 bits per heavy atom. The molecule has 2 N–H and O–H groups in total. The molecule has 0 spiro atoms. The first-order valence-corrected chi connectivity index (χ1v) is 18.2. The van der Waals surface area contributed by atoms with E-state index in [1.54, 1.807) is 53.4 Å². The summed E-state index contributed by atoms with van der Waals surface area (Å²) in [6.07, 6.45) is -3.19. The normalized spacial score (nSPS) is 13.9. The van der Waals surface area contributed by atoms with Crippen molar-refractivity contribution in [2.45, 2.75) is 37.6 Å². The van der Waals surface area contributed by atoms with Crippen molar-refractivity contribution in [3.05, 3.63) is 107 Å². The van der Waals surface area contributed by atoms with E-state index in [4.69, 9.17) is 14.2 Å². The fraction of sp³-hybridized carbons (Fsp3) is 0.361. The number of carbonyl (C=O) groups excluding carboxylic acids is 1. The van der Waals surface area contributed by atoms with E-state index in [0.29, 0.717) is 74.9 Å². The van der Waals surface area contributed by atoms with Crippen molar-refractivity contribution in [3.63, 3.8) is 0 Å². The Morgan fingerprint density at radius 1 is 0.922 bits per heavy atom. The lowest BCUT2D eigenvalue weighted by Crippen LogP contribution is -2.38. The van der Waals surface area contributed by atoms with Crippen LogP contribution >= 0.6 is 0 Å². The minimum absolute atomic E-state index is 0.0559. The number of piperidine rings is 1. The molecule has 0 unspecified atom stereocenters. The number of halogens is 3. The topological polar surface area (TPSA) is 132 Å². The number of hydrogen-bond acceptors (Lipinski definition) is 9. The van der Waals surface area contributed by atoms with Crippen molar-refractivity contribution in [1.29, 1.82) is 0 Å². The number of likely N-dealkylation sites (tertiary alicyclic amines) is 1. The molecule has 1 saturated heterocycles. The van der Waals surface area contributed by atoms with Crippen LogP contribution < -0.4 is 19.5 Å². The van der Waals surface area contributed by atoms with Gasteiger partial charge in [-0.25, -0.2) is 8.42 Å². The molecule has 15 heteroatoms. The SMILES string of the molecule is CCOCCNCCOc1ccc(C(=O)N2CCC(c3ccc(Oc4ccc(C(F)(F)F)nn4)cc3)CC2)cc1NS(=O)(=O)Cc1ccccc1. The van der Waals surface area contributed by atoms with Crippen LogP contribution in [0.5, 0.6) is 17.4 Å². The van der Waals surface area contributed by atoms with Gasteiger partial charge in [-0.3, -0.25) is 9.52 Å². The lowest BCUT2D eigenvalue weighted by molar-refractivity contribution is -0.141.